The Morgan fingerprint density at radius 1 is 0.936 bits per heavy atom. The molecule has 1 aromatic rings. The lowest BCUT2D eigenvalue weighted by Gasteiger charge is -2.15. The van der Waals surface area contributed by atoms with Gasteiger partial charge in [-0.25, -0.2) is 4.98 Å². The van der Waals surface area contributed by atoms with E-state index in [0.29, 0.717) is 38.3 Å². The molecular formula is C39H75BN3O4. The number of aryl methyl sites for hydroxylation is 2. The van der Waals surface area contributed by atoms with E-state index in [2.05, 4.69) is 35.4 Å². The average molecular weight is 661 g/mol. The van der Waals surface area contributed by atoms with Gasteiger partial charge in [0.2, 0.25) is 7.28 Å². The van der Waals surface area contributed by atoms with Crippen LogP contribution in [-0.2, 0) is 25.7 Å². The number of carbonyl (C=O) groups is 3. The van der Waals surface area contributed by atoms with E-state index in [4.69, 9.17) is 0 Å². The highest BCUT2D eigenvalue weighted by Gasteiger charge is 2.25. The van der Waals surface area contributed by atoms with Crippen LogP contribution in [0.15, 0.2) is 12.4 Å². The minimum Gasteiger partial charge on any atom is -0.468 e. The van der Waals surface area contributed by atoms with Crippen LogP contribution >= 0.6 is 0 Å². The molecule has 0 N–H and O–H groups in total. The van der Waals surface area contributed by atoms with Crippen LogP contribution in [0.4, 0.5) is 0 Å². The summed E-state index contributed by atoms with van der Waals surface area (Å²) in [5, 5.41) is 0. The van der Waals surface area contributed by atoms with Gasteiger partial charge in [-0.2, -0.15) is 0 Å². The summed E-state index contributed by atoms with van der Waals surface area (Å²) >= 11 is 0. The number of unbranched alkanes of at least 4 members (excludes halogenated alkanes) is 10. The second-order valence-corrected chi connectivity index (χ2v) is 13.0. The Bertz CT molecular complexity index is 848. The van der Waals surface area contributed by atoms with E-state index in [0.717, 1.165) is 69.9 Å². The fourth-order valence-electron chi connectivity index (χ4n) is 5.41. The first-order valence-corrected chi connectivity index (χ1v) is 19.4. The second-order valence-electron chi connectivity index (χ2n) is 13.0. The van der Waals surface area contributed by atoms with E-state index < -0.39 is 0 Å². The van der Waals surface area contributed by atoms with E-state index in [1.54, 1.807) is 13.1 Å². The van der Waals surface area contributed by atoms with Gasteiger partial charge in [0.05, 0.1) is 12.3 Å². The molecule has 2 atom stereocenters. The molecule has 0 aromatic carbocycles. The van der Waals surface area contributed by atoms with Gasteiger partial charge >= 0.3 is 0 Å². The molecule has 0 amide bonds. The zero-order valence-electron chi connectivity index (χ0n) is 32.2. The minimum atomic E-state index is 0.247. The summed E-state index contributed by atoms with van der Waals surface area (Å²) in [5.41, 5.74) is 0.247. The number of hydrogen-bond acceptors (Lipinski definition) is 6. The molecular weight excluding hydrogens is 585 g/mol. The Morgan fingerprint density at radius 2 is 1.57 bits per heavy atom. The molecule has 1 radical (unpaired) electrons. The van der Waals surface area contributed by atoms with Crippen molar-refractivity contribution in [2.45, 2.75) is 183 Å². The summed E-state index contributed by atoms with van der Waals surface area (Å²) in [6.07, 6.45) is 25.8. The van der Waals surface area contributed by atoms with E-state index in [-0.39, 0.29) is 11.5 Å². The van der Waals surface area contributed by atoms with Crippen molar-refractivity contribution < 1.29 is 19.1 Å². The van der Waals surface area contributed by atoms with Gasteiger partial charge in [-0.3, -0.25) is 4.79 Å². The number of likely N-dealkylation sites (tertiary alicyclic amines) is 1. The fourth-order valence-corrected chi connectivity index (χ4v) is 5.41. The molecule has 47 heavy (non-hydrogen) atoms. The molecule has 2 heterocycles. The van der Waals surface area contributed by atoms with Crippen LogP contribution in [0, 0.1) is 12.8 Å². The third-order valence-electron chi connectivity index (χ3n) is 8.69. The molecule has 0 saturated carbocycles. The third-order valence-corrected chi connectivity index (χ3v) is 8.69. The molecule has 1 fully saturated rings. The molecule has 8 heteroatoms. The fraction of sp³-hybridized carbons (Fsp3) is 0.846. The predicted octanol–water partition coefficient (Wildman–Crippen LogP) is 10.0. The van der Waals surface area contributed by atoms with Crippen molar-refractivity contribution in [3.63, 3.8) is 0 Å². The van der Waals surface area contributed by atoms with E-state index in [1.807, 2.05) is 45.7 Å². The van der Waals surface area contributed by atoms with E-state index in [9.17, 15) is 14.4 Å². The zero-order chi connectivity index (χ0) is 35.5. The highest BCUT2D eigenvalue weighted by atomic mass is 16.5. The van der Waals surface area contributed by atoms with Gasteiger partial charge in [0, 0.05) is 31.8 Å². The molecule has 1 saturated heterocycles. The number of ether oxygens (including phenoxy) is 1. The van der Waals surface area contributed by atoms with Gasteiger partial charge in [0.1, 0.15) is 11.6 Å². The first-order valence-electron chi connectivity index (χ1n) is 19.4. The summed E-state index contributed by atoms with van der Waals surface area (Å²) in [6, 6.07) is 0. The van der Waals surface area contributed by atoms with Crippen molar-refractivity contribution in [2.75, 3.05) is 26.2 Å². The minimum absolute atomic E-state index is 0.247. The maximum Gasteiger partial charge on any atom is 0.293 e. The van der Waals surface area contributed by atoms with Crippen molar-refractivity contribution in [3.05, 3.63) is 18.2 Å². The number of Topliss-reactive ketones (excluding diaryl/α,β-unsaturated/α-hetero) is 1. The van der Waals surface area contributed by atoms with Crippen LogP contribution in [0.3, 0.4) is 0 Å². The van der Waals surface area contributed by atoms with Gasteiger partial charge in [0.25, 0.3) is 6.47 Å². The number of nitrogens with zero attached hydrogens (tertiary/aromatic N) is 3. The molecule has 1 aliphatic heterocycles. The first kappa shape index (κ1) is 47.2. The number of aromatic nitrogens is 2. The Labute approximate surface area is 292 Å². The largest absolute Gasteiger partial charge is 0.468 e. The highest BCUT2D eigenvalue weighted by Crippen LogP contribution is 2.22. The Hall–Kier alpha value is -1.96. The lowest BCUT2D eigenvalue weighted by molar-refractivity contribution is -0.128. The third kappa shape index (κ3) is 31.1. The number of rotatable bonds is 25. The highest BCUT2D eigenvalue weighted by molar-refractivity contribution is 6.75. The predicted molar refractivity (Wildman–Crippen MR) is 201 cm³/mol. The number of hydrogen-bond donors (Lipinski definition) is 0. The molecule has 0 spiro atoms. The summed E-state index contributed by atoms with van der Waals surface area (Å²) in [4.78, 5) is 39.1. The molecule has 2 unspecified atom stereocenters. The Balaban J connectivity index is 0. The summed E-state index contributed by atoms with van der Waals surface area (Å²) in [6.45, 7) is 21.6. The summed E-state index contributed by atoms with van der Waals surface area (Å²) in [7, 11) is 1.93. The lowest BCUT2D eigenvalue weighted by atomic mass is 9.59. The Kier molecular flexibility index (Phi) is 35.5. The van der Waals surface area contributed by atoms with Crippen molar-refractivity contribution in [1.82, 2.24) is 14.5 Å². The average Bonchev–Trinajstić information content (AvgIpc) is 3.70. The van der Waals surface area contributed by atoms with Gasteiger partial charge in [-0.1, -0.05) is 119 Å². The number of carbonyl (C=O) groups excluding carboxylic acids is 3. The maximum absolute atomic E-state index is 12.1. The van der Waals surface area contributed by atoms with Crippen LogP contribution < -0.4 is 0 Å². The normalized spacial score (nSPS) is 14.4. The maximum atomic E-state index is 12.1. The molecule has 2 rings (SSSR count). The topological polar surface area (TPSA) is 81.5 Å². The van der Waals surface area contributed by atoms with Crippen LogP contribution in [0.5, 0.6) is 0 Å². The van der Waals surface area contributed by atoms with Gasteiger partial charge in [-0.05, 0) is 70.9 Å². The van der Waals surface area contributed by atoms with Crippen LogP contribution in [0.1, 0.15) is 170 Å². The van der Waals surface area contributed by atoms with Crippen molar-refractivity contribution in [2.24, 2.45) is 5.92 Å². The smallest absolute Gasteiger partial charge is 0.293 e. The first-order chi connectivity index (χ1) is 22.8. The molecule has 0 aliphatic carbocycles. The van der Waals surface area contributed by atoms with Crippen molar-refractivity contribution >= 4 is 25.2 Å². The number of imidazole rings is 1. The van der Waals surface area contributed by atoms with E-state index in [1.165, 1.54) is 64.2 Å². The van der Waals surface area contributed by atoms with Crippen molar-refractivity contribution in [3.8, 4) is 0 Å². The van der Waals surface area contributed by atoms with Crippen LogP contribution in [-0.4, -0.2) is 65.9 Å². The van der Waals surface area contributed by atoms with Crippen LogP contribution in [0.25, 0.3) is 0 Å². The molecule has 1 aliphatic rings. The quantitative estimate of drug-likeness (QED) is 0.0590. The lowest BCUT2D eigenvalue weighted by Crippen LogP contribution is -2.24. The summed E-state index contributed by atoms with van der Waals surface area (Å²) < 4.78 is 6.41. The zero-order valence-corrected chi connectivity index (χ0v) is 32.2. The monoisotopic (exact) mass is 661 g/mol. The van der Waals surface area contributed by atoms with Gasteiger partial charge in [0.15, 0.2) is 0 Å². The Morgan fingerprint density at radius 3 is 2.15 bits per heavy atom. The van der Waals surface area contributed by atoms with Crippen LogP contribution in [0.2, 0.25) is 5.82 Å². The summed E-state index contributed by atoms with van der Waals surface area (Å²) in [5.74, 6) is 2.60. The molecule has 1 aromatic heterocycles. The SMILES string of the molecule is CC.CC(=O)CCCCCN1CCC([B]C(=O)CCn2ccnc2C)C1.CCCCCCCCCCC(C)CC.CCCCOC=O. The van der Waals surface area contributed by atoms with Gasteiger partial charge < -0.3 is 23.8 Å². The van der Waals surface area contributed by atoms with Gasteiger partial charge in [-0.15, -0.1) is 0 Å². The standard InChI is InChI=1S/C18H29BN3O2.C14H30.C5H10O2.C2H6/c1-15(23)6-4-3-5-10-21-11-7-17(14-21)19-18(24)8-12-22-13-9-20-16(22)2;1-4-6-7-8-9-10-11-12-13-14(3)5-2;1-2-3-4-7-5-6;1-2/h9,13,17H,3-8,10-12,14H2,1-2H3;14H,4-13H2,1-3H3;5H,2-4H2,1H3;1-2H3. The molecule has 7 nitrogen and oxygen atoms in total. The van der Waals surface area contributed by atoms with Crippen molar-refractivity contribution in [1.29, 1.82) is 0 Å². The molecule has 273 valence electrons. The number of ketones is 1. The second kappa shape index (κ2) is 35.4. The molecule has 0 bridgehead atoms. The van der Waals surface area contributed by atoms with E-state index >= 15 is 0 Å².